The van der Waals surface area contributed by atoms with Crippen LogP contribution in [0.25, 0.3) is 10.8 Å². The lowest BCUT2D eigenvalue weighted by Gasteiger charge is -2.09. The van der Waals surface area contributed by atoms with Crippen LogP contribution in [0.3, 0.4) is 0 Å². The molecule has 2 N–H and O–H groups in total. The number of fused-ring (bicyclic) bond motifs is 1. The van der Waals surface area contributed by atoms with Gasteiger partial charge in [0.25, 0.3) is 5.91 Å². The highest BCUT2D eigenvalue weighted by Crippen LogP contribution is 2.23. The molecule has 2 aromatic carbocycles. The van der Waals surface area contributed by atoms with Gasteiger partial charge in [0, 0.05) is 23.6 Å². The molecule has 8 heteroatoms. The Balaban J connectivity index is 1.42. The van der Waals surface area contributed by atoms with E-state index in [-0.39, 0.29) is 24.6 Å². The monoisotopic (exact) mass is 381 g/mol. The first-order chi connectivity index (χ1) is 13.5. The van der Waals surface area contributed by atoms with E-state index in [4.69, 9.17) is 9.26 Å². The summed E-state index contributed by atoms with van der Waals surface area (Å²) in [6.07, 6.45) is -0.181. The molecule has 0 bridgehead atoms. The number of nitrogens with one attached hydrogen (secondary N) is 2. The summed E-state index contributed by atoms with van der Waals surface area (Å²) in [6.45, 7) is 1.22. The number of rotatable bonds is 7. The van der Waals surface area contributed by atoms with Crippen LogP contribution in [0.1, 0.15) is 18.6 Å². The molecular weight excluding hydrogens is 362 g/mol. The number of benzene rings is 2. The molecule has 0 aliphatic rings. The van der Waals surface area contributed by atoms with Crippen LogP contribution in [0, 0.1) is 6.92 Å². The predicted octanol–water partition coefficient (Wildman–Crippen LogP) is 3.04. The molecule has 2 amide bonds. The lowest BCUT2D eigenvalue weighted by atomic mass is 10.1. The average Bonchev–Trinajstić information content (AvgIpc) is 3.09. The molecule has 28 heavy (non-hydrogen) atoms. The second kappa shape index (κ2) is 8.81. The van der Waals surface area contributed by atoms with Crippen molar-refractivity contribution in [3.63, 3.8) is 0 Å². The molecule has 0 atom stereocenters. The molecule has 3 aromatic rings. The highest BCUT2D eigenvalue weighted by Gasteiger charge is 2.12. The number of hydrogen-bond donors (Lipinski definition) is 2. The van der Waals surface area contributed by atoms with E-state index >= 15 is 0 Å². The van der Waals surface area contributed by atoms with Crippen molar-refractivity contribution < 1.29 is 23.6 Å². The topological polar surface area (TPSA) is 111 Å². The fourth-order valence-corrected chi connectivity index (χ4v) is 2.59. The molecule has 0 unspecified atom stereocenters. The average molecular weight is 381 g/mol. The van der Waals surface area contributed by atoms with Gasteiger partial charge in [0.15, 0.2) is 12.4 Å². The van der Waals surface area contributed by atoms with Gasteiger partial charge in [0.1, 0.15) is 5.76 Å². The van der Waals surface area contributed by atoms with Gasteiger partial charge in [0.2, 0.25) is 5.91 Å². The second-order valence-electron chi connectivity index (χ2n) is 6.11. The normalized spacial score (nSPS) is 10.5. The van der Waals surface area contributed by atoms with Crippen molar-refractivity contribution in [2.75, 3.05) is 17.2 Å². The minimum Gasteiger partial charge on any atom is -0.456 e. The van der Waals surface area contributed by atoms with E-state index in [1.807, 2.05) is 36.4 Å². The highest BCUT2D eigenvalue weighted by atomic mass is 16.5. The summed E-state index contributed by atoms with van der Waals surface area (Å²) < 4.78 is 9.68. The number of aromatic nitrogens is 1. The van der Waals surface area contributed by atoms with E-state index in [0.29, 0.717) is 11.4 Å². The van der Waals surface area contributed by atoms with E-state index in [0.717, 1.165) is 10.8 Å². The number of amides is 2. The number of aryl methyl sites for hydroxylation is 1. The van der Waals surface area contributed by atoms with Crippen LogP contribution >= 0.6 is 0 Å². The van der Waals surface area contributed by atoms with Crippen molar-refractivity contribution in [2.45, 2.75) is 19.8 Å². The zero-order valence-electron chi connectivity index (χ0n) is 15.2. The number of hydrogen-bond acceptors (Lipinski definition) is 6. The molecule has 1 aromatic heterocycles. The number of nitrogens with zero attached hydrogens (tertiary/aromatic N) is 1. The maximum atomic E-state index is 12.1. The summed E-state index contributed by atoms with van der Waals surface area (Å²) in [6, 6.07) is 14.8. The summed E-state index contributed by atoms with van der Waals surface area (Å²) in [5, 5.41) is 10.8. The summed E-state index contributed by atoms with van der Waals surface area (Å²) in [5.41, 5.74) is 0.679. The predicted molar refractivity (Wildman–Crippen MR) is 103 cm³/mol. The second-order valence-corrected chi connectivity index (χ2v) is 6.11. The van der Waals surface area contributed by atoms with Crippen molar-refractivity contribution in [3.05, 3.63) is 54.3 Å². The third kappa shape index (κ3) is 5.16. The fourth-order valence-electron chi connectivity index (χ4n) is 2.59. The maximum absolute atomic E-state index is 12.1. The fraction of sp³-hybridized carbons (Fsp3) is 0.200. The van der Waals surface area contributed by atoms with Gasteiger partial charge in [0.05, 0.1) is 6.42 Å². The zero-order valence-corrected chi connectivity index (χ0v) is 15.2. The molecule has 0 aliphatic carbocycles. The largest absolute Gasteiger partial charge is 0.456 e. The van der Waals surface area contributed by atoms with E-state index in [1.54, 1.807) is 13.0 Å². The van der Waals surface area contributed by atoms with Crippen LogP contribution in [0.5, 0.6) is 0 Å². The quantitative estimate of drug-likeness (QED) is 0.609. The standard InChI is InChI=1S/C20H19N3O5/c1-13-11-17(23-28-13)22-19(25)12-27-20(26)10-9-18(24)21-16-8-4-6-14-5-2-3-7-15(14)16/h2-8,11H,9-10,12H2,1H3,(H,21,24)(H,22,23,25). The molecule has 3 rings (SSSR count). The van der Waals surface area contributed by atoms with Crippen LogP contribution < -0.4 is 10.6 Å². The summed E-state index contributed by atoms with van der Waals surface area (Å²) in [4.78, 5) is 35.6. The van der Waals surface area contributed by atoms with Gasteiger partial charge in [-0.25, -0.2) is 0 Å². The van der Waals surface area contributed by atoms with Crippen molar-refractivity contribution in [3.8, 4) is 0 Å². The van der Waals surface area contributed by atoms with Gasteiger partial charge in [-0.05, 0) is 18.4 Å². The summed E-state index contributed by atoms with van der Waals surface area (Å²) >= 11 is 0. The minimum atomic E-state index is -0.639. The molecule has 144 valence electrons. The Labute approximate surface area is 160 Å². The van der Waals surface area contributed by atoms with Gasteiger partial charge < -0.3 is 19.9 Å². The Morgan fingerprint density at radius 1 is 1.00 bits per heavy atom. The molecule has 0 spiro atoms. The van der Waals surface area contributed by atoms with Crippen molar-refractivity contribution >= 4 is 40.1 Å². The van der Waals surface area contributed by atoms with Gasteiger partial charge in [-0.1, -0.05) is 41.6 Å². The Morgan fingerprint density at radius 3 is 2.57 bits per heavy atom. The molecule has 0 saturated carbocycles. The third-order valence-electron chi connectivity index (χ3n) is 3.88. The van der Waals surface area contributed by atoms with Gasteiger partial charge >= 0.3 is 5.97 Å². The maximum Gasteiger partial charge on any atom is 0.306 e. The zero-order chi connectivity index (χ0) is 19.9. The highest BCUT2D eigenvalue weighted by molar-refractivity contribution is 6.02. The number of carbonyl (C=O) groups excluding carboxylic acids is 3. The van der Waals surface area contributed by atoms with Gasteiger partial charge in [-0.15, -0.1) is 0 Å². The first kappa shape index (κ1) is 19.1. The van der Waals surface area contributed by atoms with Crippen LogP contribution in [-0.2, 0) is 19.1 Å². The molecule has 8 nitrogen and oxygen atoms in total. The number of esters is 1. The number of carbonyl (C=O) groups is 3. The van der Waals surface area contributed by atoms with Gasteiger partial charge in [-0.3, -0.25) is 14.4 Å². The SMILES string of the molecule is Cc1cc(NC(=O)COC(=O)CCC(=O)Nc2cccc3ccccc23)no1. The molecular formula is C20H19N3O5. The van der Waals surface area contributed by atoms with E-state index in [2.05, 4.69) is 15.8 Å². The lowest BCUT2D eigenvalue weighted by molar-refractivity contribution is -0.147. The van der Waals surface area contributed by atoms with E-state index in [9.17, 15) is 14.4 Å². The summed E-state index contributed by atoms with van der Waals surface area (Å²) in [5.74, 6) is -0.699. The Bertz CT molecular complexity index is 1010. The molecule has 1 heterocycles. The molecule has 0 fully saturated rings. The van der Waals surface area contributed by atoms with Crippen LogP contribution in [0.2, 0.25) is 0 Å². The van der Waals surface area contributed by atoms with Crippen molar-refractivity contribution in [1.29, 1.82) is 0 Å². The van der Waals surface area contributed by atoms with Crippen molar-refractivity contribution in [2.24, 2.45) is 0 Å². The Morgan fingerprint density at radius 2 is 1.79 bits per heavy atom. The molecule has 0 saturated heterocycles. The van der Waals surface area contributed by atoms with Crippen molar-refractivity contribution in [1.82, 2.24) is 5.16 Å². The Hall–Kier alpha value is -3.68. The first-order valence-electron chi connectivity index (χ1n) is 8.67. The van der Waals surface area contributed by atoms with Gasteiger partial charge in [-0.2, -0.15) is 0 Å². The summed E-state index contributed by atoms with van der Waals surface area (Å²) in [7, 11) is 0. The minimum absolute atomic E-state index is 0.0495. The van der Waals surface area contributed by atoms with E-state index in [1.165, 1.54) is 6.07 Å². The van der Waals surface area contributed by atoms with E-state index < -0.39 is 18.5 Å². The number of anilines is 2. The number of ether oxygens (including phenoxy) is 1. The molecule has 0 radical (unpaired) electrons. The van der Waals surface area contributed by atoms with Crippen LogP contribution in [0.4, 0.5) is 11.5 Å². The smallest absolute Gasteiger partial charge is 0.306 e. The molecule has 0 aliphatic heterocycles. The first-order valence-corrected chi connectivity index (χ1v) is 8.67. The van der Waals surface area contributed by atoms with Crippen LogP contribution in [-0.4, -0.2) is 29.5 Å². The lowest BCUT2D eigenvalue weighted by Crippen LogP contribution is -2.22. The Kier molecular flexibility index (Phi) is 6.01. The third-order valence-corrected chi connectivity index (χ3v) is 3.88. The van der Waals surface area contributed by atoms with Crippen LogP contribution in [0.15, 0.2) is 53.1 Å².